The highest BCUT2D eigenvalue weighted by atomic mass is 16.2. The van der Waals surface area contributed by atoms with Crippen molar-refractivity contribution in [2.24, 2.45) is 0 Å². The quantitative estimate of drug-likeness (QED) is 0.770. The highest BCUT2D eigenvalue weighted by Gasteiger charge is 2.06. The van der Waals surface area contributed by atoms with Crippen molar-refractivity contribution in [1.82, 2.24) is 4.57 Å². The molecule has 1 aromatic heterocycles. The number of nitrogens with zero attached hydrogens (tertiary/aromatic N) is 1. The second-order valence-electron chi connectivity index (χ2n) is 5.35. The summed E-state index contributed by atoms with van der Waals surface area (Å²) in [4.78, 5) is 23.3. The number of anilines is 2. The molecule has 5 heteroatoms. The molecule has 0 aliphatic rings. The minimum absolute atomic E-state index is 0.144. The lowest BCUT2D eigenvalue weighted by atomic mass is 10.2. The van der Waals surface area contributed by atoms with Gasteiger partial charge in [-0.05, 0) is 60.7 Å². The third-order valence-electron chi connectivity index (χ3n) is 3.50. The maximum Gasteiger partial charge on any atom is 0.255 e. The van der Waals surface area contributed by atoms with E-state index in [-0.39, 0.29) is 11.8 Å². The standard InChI is InChI=1S/C19H17N3O2/c1-14(23)20-16-6-4-15(5-7-16)19(24)21-17-8-10-18(11-9-17)22-12-2-3-13-22/h2-13H,1H3,(H,20,23)(H,21,24). The van der Waals surface area contributed by atoms with Crippen molar-refractivity contribution in [2.75, 3.05) is 10.6 Å². The molecule has 24 heavy (non-hydrogen) atoms. The molecule has 0 unspecified atom stereocenters. The van der Waals surface area contributed by atoms with Crippen molar-refractivity contribution in [3.05, 3.63) is 78.6 Å². The average molecular weight is 319 g/mol. The van der Waals surface area contributed by atoms with Gasteiger partial charge >= 0.3 is 0 Å². The van der Waals surface area contributed by atoms with E-state index in [2.05, 4.69) is 10.6 Å². The van der Waals surface area contributed by atoms with Gasteiger partial charge in [0.1, 0.15) is 0 Å². The molecule has 5 nitrogen and oxygen atoms in total. The topological polar surface area (TPSA) is 63.1 Å². The molecule has 0 bridgehead atoms. The molecule has 2 aromatic carbocycles. The fourth-order valence-electron chi connectivity index (χ4n) is 2.34. The van der Waals surface area contributed by atoms with Gasteiger partial charge in [0, 0.05) is 41.9 Å². The van der Waals surface area contributed by atoms with Gasteiger partial charge in [0.15, 0.2) is 0 Å². The number of carbonyl (C=O) groups is 2. The molecule has 1 heterocycles. The Hall–Kier alpha value is -3.34. The number of benzene rings is 2. The van der Waals surface area contributed by atoms with Crippen LogP contribution in [0.4, 0.5) is 11.4 Å². The number of hydrogen-bond acceptors (Lipinski definition) is 2. The molecule has 3 aromatic rings. The molecule has 0 aliphatic heterocycles. The number of carbonyl (C=O) groups excluding carboxylic acids is 2. The third-order valence-corrected chi connectivity index (χ3v) is 3.50. The van der Waals surface area contributed by atoms with Crippen LogP contribution in [0.1, 0.15) is 17.3 Å². The zero-order valence-corrected chi connectivity index (χ0v) is 13.2. The Balaban J connectivity index is 1.67. The first-order valence-electron chi connectivity index (χ1n) is 7.54. The maximum atomic E-state index is 12.3. The first-order chi connectivity index (χ1) is 11.6. The molecule has 2 N–H and O–H groups in total. The molecule has 120 valence electrons. The number of rotatable bonds is 4. The van der Waals surface area contributed by atoms with Crippen LogP contribution in [0.3, 0.4) is 0 Å². The van der Waals surface area contributed by atoms with Crippen LogP contribution in [0.25, 0.3) is 5.69 Å². The summed E-state index contributed by atoms with van der Waals surface area (Å²) in [5, 5.41) is 5.52. The van der Waals surface area contributed by atoms with Crippen molar-refractivity contribution in [1.29, 1.82) is 0 Å². The first kappa shape index (κ1) is 15.6. The van der Waals surface area contributed by atoms with Gasteiger partial charge in [-0.15, -0.1) is 0 Å². The van der Waals surface area contributed by atoms with Crippen LogP contribution in [0.2, 0.25) is 0 Å². The van der Waals surface area contributed by atoms with Gasteiger partial charge in [-0.1, -0.05) is 0 Å². The average Bonchev–Trinajstić information content (AvgIpc) is 3.10. The predicted molar refractivity (Wildman–Crippen MR) is 94.5 cm³/mol. The van der Waals surface area contributed by atoms with Gasteiger partial charge in [0.2, 0.25) is 5.91 Å². The third kappa shape index (κ3) is 3.70. The van der Waals surface area contributed by atoms with E-state index in [1.54, 1.807) is 24.3 Å². The van der Waals surface area contributed by atoms with E-state index in [1.807, 2.05) is 53.4 Å². The van der Waals surface area contributed by atoms with Gasteiger partial charge in [-0.25, -0.2) is 0 Å². The predicted octanol–water partition coefficient (Wildman–Crippen LogP) is 3.69. The van der Waals surface area contributed by atoms with Crippen molar-refractivity contribution in [3.63, 3.8) is 0 Å². The summed E-state index contributed by atoms with van der Waals surface area (Å²) in [6.45, 7) is 1.44. The minimum Gasteiger partial charge on any atom is -0.326 e. The Morgan fingerprint density at radius 3 is 1.92 bits per heavy atom. The van der Waals surface area contributed by atoms with Gasteiger partial charge in [0.05, 0.1) is 0 Å². The number of aromatic nitrogens is 1. The van der Waals surface area contributed by atoms with Gasteiger partial charge in [0.25, 0.3) is 5.91 Å². The number of nitrogens with one attached hydrogen (secondary N) is 2. The van der Waals surface area contributed by atoms with E-state index in [4.69, 9.17) is 0 Å². The zero-order valence-electron chi connectivity index (χ0n) is 13.2. The fourth-order valence-corrected chi connectivity index (χ4v) is 2.34. The van der Waals surface area contributed by atoms with Gasteiger partial charge < -0.3 is 15.2 Å². The summed E-state index contributed by atoms with van der Waals surface area (Å²) < 4.78 is 1.99. The van der Waals surface area contributed by atoms with Gasteiger partial charge in [-0.2, -0.15) is 0 Å². The minimum atomic E-state index is -0.196. The fraction of sp³-hybridized carbons (Fsp3) is 0.0526. The lowest BCUT2D eigenvalue weighted by Gasteiger charge is -2.08. The monoisotopic (exact) mass is 319 g/mol. The molecule has 0 aliphatic carbocycles. The molecule has 0 atom stereocenters. The lowest BCUT2D eigenvalue weighted by Crippen LogP contribution is -2.12. The lowest BCUT2D eigenvalue weighted by molar-refractivity contribution is -0.114. The second kappa shape index (κ2) is 6.83. The molecule has 0 radical (unpaired) electrons. The van der Waals surface area contributed by atoms with Crippen LogP contribution in [0, 0.1) is 0 Å². The van der Waals surface area contributed by atoms with Crippen LogP contribution < -0.4 is 10.6 Å². The molecule has 3 rings (SSSR count). The van der Waals surface area contributed by atoms with E-state index in [9.17, 15) is 9.59 Å². The maximum absolute atomic E-state index is 12.3. The smallest absolute Gasteiger partial charge is 0.255 e. The number of amides is 2. The summed E-state index contributed by atoms with van der Waals surface area (Å²) >= 11 is 0. The Bertz CT molecular complexity index is 835. The summed E-state index contributed by atoms with van der Waals surface area (Å²) in [7, 11) is 0. The van der Waals surface area contributed by atoms with Crippen LogP contribution in [0.5, 0.6) is 0 Å². The molecule has 0 saturated heterocycles. The Kier molecular flexibility index (Phi) is 4.43. The normalized spacial score (nSPS) is 10.2. The van der Waals surface area contributed by atoms with Crippen LogP contribution in [-0.2, 0) is 4.79 Å². The molecular formula is C19H17N3O2. The molecule has 0 spiro atoms. The van der Waals surface area contributed by atoms with E-state index in [1.165, 1.54) is 6.92 Å². The van der Waals surface area contributed by atoms with E-state index < -0.39 is 0 Å². The second-order valence-corrected chi connectivity index (χ2v) is 5.35. The van der Waals surface area contributed by atoms with E-state index >= 15 is 0 Å². The van der Waals surface area contributed by atoms with Crippen LogP contribution in [-0.4, -0.2) is 16.4 Å². The molecular weight excluding hydrogens is 302 g/mol. The SMILES string of the molecule is CC(=O)Nc1ccc(C(=O)Nc2ccc(-n3cccc3)cc2)cc1. The number of hydrogen-bond donors (Lipinski definition) is 2. The Labute approximate surface area is 139 Å². The first-order valence-corrected chi connectivity index (χ1v) is 7.54. The largest absolute Gasteiger partial charge is 0.326 e. The van der Waals surface area contributed by atoms with Crippen LogP contribution >= 0.6 is 0 Å². The Morgan fingerprint density at radius 2 is 1.33 bits per heavy atom. The summed E-state index contributed by atoms with van der Waals surface area (Å²) in [6.07, 6.45) is 3.93. The highest BCUT2D eigenvalue weighted by Crippen LogP contribution is 2.15. The molecule has 0 fully saturated rings. The van der Waals surface area contributed by atoms with Crippen molar-refractivity contribution in [3.8, 4) is 5.69 Å². The highest BCUT2D eigenvalue weighted by molar-refractivity contribution is 6.04. The van der Waals surface area contributed by atoms with Crippen molar-refractivity contribution >= 4 is 23.2 Å². The van der Waals surface area contributed by atoms with Crippen molar-refractivity contribution in [2.45, 2.75) is 6.92 Å². The van der Waals surface area contributed by atoms with E-state index in [0.717, 1.165) is 11.4 Å². The zero-order chi connectivity index (χ0) is 16.9. The Morgan fingerprint density at radius 1 is 0.792 bits per heavy atom. The van der Waals surface area contributed by atoms with E-state index in [0.29, 0.717) is 11.3 Å². The summed E-state index contributed by atoms with van der Waals surface area (Å²) in [5.74, 6) is -0.340. The van der Waals surface area contributed by atoms with Crippen LogP contribution in [0.15, 0.2) is 73.1 Å². The summed E-state index contributed by atoms with van der Waals surface area (Å²) in [5.41, 5.74) is 2.94. The summed E-state index contributed by atoms with van der Waals surface area (Å²) in [6, 6.07) is 18.3. The van der Waals surface area contributed by atoms with Gasteiger partial charge in [-0.3, -0.25) is 9.59 Å². The molecule has 2 amide bonds. The van der Waals surface area contributed by atoms with Crippen molar-refractivity contribution < 1.29 is 9.59 Å². The molecule has 0 saturated carbocycles.